The topological polar surface area (TPSA) is 82.1 Å². The monoisotopic (exact) mass is 406 g/mol. The van der Waals surface area contributed by atoms with Gasteiger partial charge in [0.2, 0.25) is 0 Å². The molecule has 158 valence electrons. The summed E-state index contributed by atoms with van der Waals surface area (Å²) in [5.41, 5.74) is 2.46. The molecule has 1 aliphatic carbocycles. The van der Waals surface area contributed by atoms with E-state index in [1.165, 1.54) is 10.9 Å². The van der Waals surface area contributed by atoms with Crippen molar-refractivity contribution in [1.82, 2.24) is 19.9 Å². The Labute approximate surface area is 176 Å². The number of H-pyrrole nitrogens is 1. The molecule has 3 aromatic rings. The van der Waals surface area contributed by atoms with E-state index in [0.717, 1.165) is 48.8 Å². The average molecular weight is 407 g/mol. The van der Waals surface area contributed by atoms with Gasteiger partial charge in [0.15, 0.2) is 5.65 Å². The van der Waals surface area contributed by atoms with Gasteiger partial charge in [0, 0.05) is 54.6 Å². The molecular weight excluding hydrogens is 376 g/mol. The molecule has 2 aliphatic rings. The lowest BCUT2D eigenvalue weighted by atomic mass is 9.72. The molecule has 4 unspecified atom stereocenters. The standard InChI is InChI=1S/C24H30N4O2/c1-3-21(29)18-12-15(4-5-20(18)28-11-8-24(2,30)14-28)16-6-9-25-19-13-27-23-17(22(16)19)7-10-26-23/h6-7,9-10,13,15,18,20,25,30H,3-5,8,11-12,14H2,1-2H3. The number of likely N-dealkylation sites (tertiary alicyclic amines) is 1. The number of β-amino-alcohol motifs (C(OH)–C–C–N with tert-alkyl or cyclic N) is 1. The van der Waals surface area contributed by atoms with Gasteiger partial charge in [-0.1, -0.05) is 6.92 Å². The van der Waals surface area contributed by atoms with Crippen LogP contribution in [0.1, 0.15) is 57.4 Å². The Kier molecular flexibility index (Phi) is 4.86. The van der Waals surface area contributed by atoms with E-state index in [1.54, 1.807) is 0 Å². The fourth-order valence-electron chi connectivity index (χ4n) is 5.77. The van der Waals surface area contributed by atoms with Gasteiger partial charge in [-0.3, -0.25) is 9.69 Å². The predicted octanol–water partition coefficient (Wildman–Crippen LogP) is 3.80. The number of hydrogen-bond acceptors (Lipinski definition) is 5. The summed E-state index contributed by atoms with van der Waals surface area (Å²) in [6, 6.07) is 4.45. The molecule has 0 amide bonds. The van der Waals surface area contributed by atoms with Crippen molar-refractivity contribution in [2.24, 2.45) is 5.92 Å². The summed E-state index contributed by atoms with van der Waals surface area (Å²) in [5.74, 6) is 0.712. The van der Waals surface area contributed by atoms with E-state index in [2.05, 4.69) is 25.9 Å². The molecule has 0 spiro atoms. The van der Waals surface area contributed by atoms with Crippen molar-refractivity contribution in [3.63, 3.8) is 0 Å². The average Bonchev–Trinajstić information content (AvgIpc) is 3.38. The largest absolute Gasteiger partial charge is 0.389 e. The number of rotatable bonds is 4. The van der Waals surface area contributed by atoms with E-state index >= 15 is 0 Å². The first-order valence-corrected chi connectivity index (χ1v) is 11.2. The van der Waals surface area contributed by atoms with Gasteiger partial charge < -0.3 is 10.1 Å². The van der Waals surface area contributed by atoms with E-state index < -0.39 is 5.60 Å². The highest BCUT2D eigenvalue weighted by Crippen LogP contribution is 2.43. The zero-order chi connectivity index (χ0) is 20.9. The normalized spacial score (nSPS) is 30.3. The van der Waals surface area contributed by atoms with Crippen LogP contribution in [0.4, 0.5) is 0 Å². The molecule has 6 heteroatoms. The van der Waals surface area contributed by atoms with Crippen molar-refractivity contribution in [2.45, 2.75) is 63.5 Å². The van der Waals surface area contributed by atoms with Gasteiger partial charge in [-0.15, -0.1) is 0 Å². The number of fused-ring (bicyclic) bond motifs is 3. The second-order valence-electron chi connectivity index (χ2n) is 9.38. The number of carbonyl (C=O) groups is 1. The molecule has 3 aromatic heterocycles. The minimum atomic E-state index is -0.633. The Bertz CT molecular complexity index is 1090. The van der Waals surface area contributed by atoms with Crippen LogP contribution >= 0.6 is 0 Å². The maximum atomic E-state index is 13.0. The van der Waals surface area contributed by atoms with Crippen LogP contribution in [0.15, 0.2) is 30.7 Å². The molecule has 2 fully saturated rings. The number of aliphatic hydroxyl groups is 1. The van der Waals surface area contributed by atoms with Crippen LogP contribution in [0.25, 0.3) is 21.9 Å². The third kappa shape index (κ3) is 3.32. The molecule has 30 heavy (non-hydrogen) atoms. The molecule has 4 atom stereocenters. The number of Topliss-reactive ketones (excluding diaryl/α,β-unsaturated/α-hetero) is 1. The van der Waals surface area contributed by atoms with Crippen molar-refractivity contribution in [3.8, 4) is 0 Å². The molecule has 6 nitrogen and oxygen atoms in total. The Balaban J connectivity index is 1.50. The quantitative estimate of drug-likeness (QED) is 0.689. The maximum absolute atomic E-state index is 13.0. The number of aromatic amines is 1. The number of carbonyl (C=O) groups excluding carboxylic acids is 1. The van der Waals surface area contributed by atoms with Crippen molar-refractivity contribution in [2.75, 3.05) is 13.1 Å². The van der Waals surface area contributed by atoms with E-state index in [1.807, 2.05) is 38.5 Å². The molecule has 5 rings (SSSR count). The first kappa shape index (κ1) is 19.6. The highest BCUT2D eigenvalue weighted by atomic mass is 16.3. The van der Waals surface area contributed by atoms with E-state index in [-0.39, 0.29) is 12.0 Å². The van der Waals surface area contributed by atoms with Gasteiger partial charge in [-0.25, -0.2) is 9.97 Å². The van der Waals surface area contributed by atoms with Crippen LogP contribution in [-0.2, 0) is 4.79 Å². The van der Waals surface area contributed by atoms with Gasteiger partial charge in [0.1, 0.15) is 5.78 Å². The van der Waals surface area contributed by atoms with Gasteiger partial charge in [0.05, 0.1) is 17.3 Å². The summed E-state index contributed by atoms with van der Waals surface area (Å²) in [5, 5.41) is 12.7. The fraction of sp³-hybridized carbons (Fsp3) is 0.542. The van der Waals surface area contributed by atoms with Gasteiger partial charge in [-0.05, 0) is 56.2 Å². The number of nitrogens with zero attached hydrogens (tertiary/aromatic N) is 3. The Morgan fingerprint density at radius 1 is 1.33 bits per heavy atom. The SMILES string of the molecule is CCC(=O)C1CC(c2cc[nH]c3cnc4nccc4c23)CCC1N1CCC(C)(O)C1. The number of ketones is 1. The minimum Gasteiger partial charge on any atom is -0.389 e. The molecule has 0 radical (unpaired) electrons. The smallest absolute Gasteiger partial charge is 0.159 e. The van der Waals surface area contributed by atoms with Crippen molar-refractivity contribution >= 4 is 27.7 Å². The van der Waals surface area contributed by atoms with Crippen LogP contribution < -0.4 is 0 Å². The third-order valence-electron chi connectivity index (χ3n) is 7.29. The van der Waals surface area contributed by atoms with Crippen LogP contribution in [0.3, 0.4) is 0 Å². The number of aromatic nitrogens is 3. The van der Waals surface area contributed by atoms with Crippen LogP contribution in [0.5, 0.6) is 0 Å². The van der Waals surface area contributed by atoms with Crippen molar-refractivity contribution < 1.29 is 9.90 Å². The van der Waals surface area contributed by atoms with Crippen molar-refractivity contribution in [3.05, 3.63) is 36.3 Å². The molecule has 0 aromatic carbocycles. The van der Waals surface area contributed by atoms with E-state index in [4.69, 9.17) is 0 Å². The summed E-state index contributed by atoms with van der Waals surface area (Å²) in [4.78, 5) is 27.5. The Morgan fingerprint density at radius 2 is 2.20 bits per heavy atom. The van der Waals surface area contributed by atoms with Crippen LogP contribution in [0, 0.1) is 5.92 Å². The number of pyridine rings is 2. The summed E-state index contributed by atoms with van der Waals surface area (Å²) >= 11 is 0. The van der Waals surface area contributed by atoms with Gasteiger partial charge in [0.25, 0.3) is 0 Å². The molecule has 1 saturated carbocycles. The highest BCUT2D eigenvalue weighted by molar-refractivity contribution is 6.05. The molecule has 1 aliphatic heterocycles. The Hall–Kier alpha value is -2.31. The van der Waals surface area contributed by atoms with Gasteiger partial charge in [-0.2, -0.15) is 0 Å². The first-order valence-electron chi connectivity index (χ1n) is 11.2. The maximum Gasteiger partial charge on any atom is 0.159 e. The van der Waals surface area contributed by atoms with E-state index in [9.17, 15) is 9.90 Å². The van der Waals surface area contributed by atoms with E-state index in [0.29, 0.717) is 24.7 Å². The zero-order valence-electron chi connectivity index (χ0n) is 17.8. The molecular formula is C24H30N4O2. The molecule has 1 saturated heterocycles. The summed E-state index contributed by atoms with van der Waals surface area (Å²) in [6.45, 7) is 5.44. The van der Waals surface area contributed by atoms with Crippen molar-refractivity contribution in [1.29, 1.82) is 0 Å². The minimum absolute atomic E-state index is 0.0250. The summed E-state index contributed by atoms with van der Waals surface area (Å²) in [6.07, 6.45) is 9.93. The Morgan fingerprint density at radius 3 is 2.97 bits per heavy atom. The molecule has 4 heterocycles. The molecule has 0 bridgehead atoms. The lowest BCUT2D eigenvalue weighted by Crippen LogP contribution is -2.46. The van der Waals surface area contributed by atoms with Crippen LogP contribution in [-0.4, -0.2) is 55.5 Å². The number of nitrogens with one attached hydrogen (secondary N) is 1. The lowest BCUT2D eigenvalue weighted by molar-refractivity contribution is -0.126. The second kappa shape index (κ2) is 7.43. The second-order valence-corrected chi connectivity index (χ2v) is 9.38. The highest BCUT2D eigenvalue weighted by Gasteiger charge is 2.43. The third-order valence-corrected chi connectivity index (χ3v) is 7.29. The zero-order valence-corrected chi connectivity index (χ0v) is 17.8. The molecule has 2 N–H and O–H groups in total. The lowest BCUT2D eigenvalue weighted by Gasteiger charge is -2.41. The summed E-state index contributed by atoms with van der Waals surface area (Å²) in [7, 11) is 0. The van der Waals surface area contributed by atoms with Gasteiger partial charge >= 0.3 is 0 Å². The summed E-state index contributed by atoms with van der Waals surface area (Å²) < 4.78 is 0. The predicted molar refractivity (Wildman–Crippen MR) is 117 cm³/mol. The fourth-order valence-corrected chi connectivity index (χ4v) is 5.77. The number of hydrogen-bond donors (Lipinski definition) is 2. The first-order chi connectivity index (χ1) is 14.5. The van der Waals surface area contributed by atoms with Crippen LogP contribution in [0.2, 0.25) is 0 Å².